The number of nitrogens with two attached hydrogens (primary N) is 1. The van der Waals surface area contributed by atoms with Crippen LogP contribution in [0.15, 0.2) is 23.0 Å². The third-order valence-corrected chi connectivity index (χ3v) is 2.62. The summed E-state index contributed by atoms with van der Waals surface area (Å²) >= 11 is 0. The molecular weight excluding hydrogens is 266 g/mol. The Hall–Kier alpha value is -2.51. The smallest absolute Gasteiger partial charge is 0.326 e. The Labute approximate surface area is 115 Å². The van der Waals surface area contributed by atoms with E-state index in [1.807, 2.05) is 0 Å². The number of carboxylic acids is 1. The number of amides is 3. The summed E-state index contributed by atoms with van der Waals surface area (Å²) in [6.07, 6.45) is 2.82. The van der Waals surface area contributed by atoms with Gasteiger partial charge in [-0.05, 0) is 12.5 Å². The molecule has 0 spiro atoms. The van der Waals surface area contributed by atoms with Gasteiger partial charge in [0.2, 0.25) is 5.91 Å². The van der Waals surface area contributed by atoms with Crippen molar-refractivity contribution in [2.24, 2.45) is 5.73 Å². The molecule has 4 N–H and O–H groups in total. The number of hydrogen-bond acceptors (Lipinski definition) is 4. The molecule has 3 amide bonds. The van der Waals surface area contributed by atoms with Crippen LogP contribution in [-0.4, -0.2) is 41.0 Å². The maximum Gasteiger partial charge on any atom is 0.326 e. The third kappa shape index (κ3) is 5.01. The average molecular weight is 283 g/mol. The summed E-state index contributed by atoms with van der Waals surface area (Å²) in [5.41, 5.74) is 5.74. The van der Waals surface area contributed by atoms with E-state index in [0.717, 1.165) is 5.56 Å². The van der Waals surface area contributed by atoms with Crippen molar-refractivity contribution in [2.45, 2.75) is 25.4 Å². The number of nitrogens with zero attached hydrogens (tertiary/aromatic N) is 1. The van der Waals surface area contributed by atoms with Crippen LogP contribution in [0.2, 0.25) is 0 Å². The number of primary amides is 1. The molecule has 0 aliphatic heterocycles. The predicted octanol–water partition coefficient (Wildman–Crippen LogP) is 0.140. The van der Waals surface area contributed by atoms with Gasteiger partial charge in [0.15, 0.2) is 0 Å². The van der Waals surface area contributed by atoms with E-state index < -0.39 is 23.9 Å². The van der Waals surface area contributed by atoms with E-state index in [4.69, 9.17) is 15.3 Å². The first-order valence-electron chi connectivity index (χ1n) is 5.94. The summed E-state index contributed by atoms with van der Waals surface area (Å²) in [5, 5.41) is 11.3. The van der Waals surface area contributed by atoms with Crippen LogP contribution in [0.1, 0.15) is 18.4 Å². The Balaban J connectivity index is 2.52. The first kappa shape index (κ1) is 15.5. The van der Waals surface area contributed by atoms with Crippen LogP contribution in [0.4, 0.5) is 4.79 Å². The molecule has 1 rings (SSSR count). The molecule has 0 saturated carbocycles. The topological polar surface area (TPSA) is 126 Å². The fraction of sp³-hybridized carbons (Fsp3) is 0.417. The number of nitrogens with one attached hydrogen (secondary N) is 1. The summed E-state index contributed by atoms with van der Waals surface area (Å²) in [6, 6.07) is -0.00388. The fourth-order valence-electron chi connectivity index (χ4n) is 1.53. The summed E-state index contributed by atoms with van der Waals surface area (Å²) < 4.78 is 4.88. The van der Waals surface area contributed by atoms with Gasteiger partial charge in [0, 0.05) is 19.0 Å². The van der Waals surface area contributed by atoms with Gasteiger partial charge in [0.25, 0.3) is 0 Å². The van der Waals surface area contributed by atoms with Gasteiger partial charge in [0.05, 0.1) is 19.1 Å². The molecule has 0 aromatic carbocycles. The van der Waals surface area contributed by atoms with E-state index in [1.54, 1.807) is 6.07 Å². The Morgan fingerprint density at radius 1 is 1.50 bits per heavy atom. The minimum atomic E-state index is -1.21. The lowest BCUT2D eigenvalue weighted by Gasteiger charge is -2.20. The van der Waals surface area contributed by atoms with Crippen LogP contribution >= 0.6 is 0 Å². The molecule has 20 heavy (non-hydrogen) atoms. The Bertz CT molecular complexity index is 471. The zero-order valence-electron chi connectivity index (χ0n) is 11.0. The number of rotatable bonds is 7. The zero-order valence-corrected chi connectivity index (χ0v) is 11.0. The second kappa shape index (κ2) is 7.17. The summed E-state index contributed by atoms with van der Waals surface area (Å²) in [5.74, 6) is -1.83. The van der Waals surface area contributed by atoms with Gasteiger partial charge in [-0.1, -0.05) is 0 Å². The molecule has 8 nitrogen and oxygen atoms in total. The minimum absolute atomic E-state index is 0.0457. The maximum absolute atomic E-state index is 11.8. The predicted molar refractivity (Wildman–Crippen MR) is 68.6 cm³/mol. The molecule has 0 fully saturated rings. The average Bonchev–Trinajstić information content (AvgIpc) is 2.86. The Kier molecular flexibility index (Phi) is 5.57. The molecule has 8 heteroatoms. The van der Waals surface area contributed by atoms with Crippen LogP contribution in [0.25, 0.3) is 0 Å². The molecule has 0 unspecified atom stereocenters. The molecule has 110 valence electrons. The van der Waals surface area contributed by atoms with Crippen molar-refractivity contribution in [3.63, 3.8) is 0 Å². The monoisotopic (exact) mass is 283 g/mol. The van der Waals surface area contributed by atoms with E-state index in [9.17, 15) is 14.4 Å². The number of furan rings is 1. The van der Waals surface area contributed by atoms with Crippen molar-refractivity contribution < 1.29 is 23.9 Å². The lowest BCUT2D eigenvalue weighted by Crippen LogP contribution is -2.46. The van der Waals surface area contributed by atoms with Crippen molar-refractivity contribution in [3.05, 3.63) is 24.2 Å². The van der Waals surface area contributed by atoms with Crippen LogP contribution in [0, 0.1) is 0 Å². The van der Waals surface area contributed by atoms with Crippen LogP contribution in [-0.2, 0) is 16.1 Å². The van der Waals surface area contributed by atoms with Gasteiger partial charge in [-0.25, -0.2) is 9.59 Å². The van der Waals surface area contributed by atoms with Gasteiger partial charge in [-0.3, -0.25) is 4.79 Å². The van der Waals surface area contributed by atoms with E-state index >= 15 is 0 Å². The molecule has 0 aliphatic carbocycles. The fourth-order valence-corrected chi connectivity index (χ4v) is 1.53. The molecule has 1 aromatic heterocycles. The second-order valence-electron chi connectivity index (χ2n) is 4.33. The molecule has 1 aromatic rings. The summed E-state index contributed by atoms with van der Waals surface area (Å²) in [6.45, 7) is 0.282. The quantitative estimate of drug-likeness (QED) is 0.656. The molecule has 1 heterocycles. The normalized spacial score (nSPS) is 11.7. The van der Waals surface area contributed by atoms with Crippen molar-refractivity contribution in [3.8, 4) is 0 Å². The van der Waals surface area contributed by atoms with Gasteiger partial charge in [0.1, 0.15) is 6.04 Å². The second-order valence-corrected chi connectivity index (χ2v) is 4.33. The zero-order chi connectivity index (χ0) is 15.1. The number of hydrogen-bond donors (Lipinski definition) is 3. The standard InChI is InChI=1S/C12H17N3O5/c1-15(6-8-4-5-20-7-8)12(19)14-9(11(17)18)2-3-10(13)16/h4-5,7,9H,2-3,6H2,1H3,(H2,13,16)(H,14,19)(H,17,18)/t9-/m1/s1. The van der Waals surface area contributed by atoms with Gasteiger partial charge in [-0.2, -0.15) is 0 Å². The van der Waals surface area contributed by atoms with Gasteiger partial charge < -0.3 is 25.5 Å². The van der Waals surface area contributed by atoms with E-state index in [0.29, 0.717) is 0 Å². The first-order valence-corrected chi connectivity index (χ1v) is 5.94. The van der Waals surface area contributed by atoms with Crippen LogP contribution in [0.3, 0.4) is 0 Å². The van der Waals surface area contributed by atoms with E-state index in [2.05, 4.69) is 5.32 Å². The number of urea groups is 1. The number of carboxylic acid groups (broad SMARTS) is 1. The lowest BCUT2D eigenvalue weighted by atomic mass is 10.1. The van der Waals surface area contributed by atoms with Crippen LogP contribution in [0.5, 0.6) is 0 Å². The number of aliphatic carboxylic acids is 1. The molecule has 0 radical (unpaired) electrons. The molecular formula is C12H17N3O5. The highest BCUT2D eigenvalue weighted by Gasteiger charge is 2.22. The van der Waals surface area contributed by atoms with E-state index in [1.165, 1.54) is 24.5 Å². The molecule has 0 saturated heterocycles. The Morgan fingerprint density at radius 3 is 2.70 bits per heavy atom. The van der Waals surface area contributed by atoms with E-state index in [-0.39, 0.29) is 19.4 Å². The SMILES string of the molecule is CN(Cc1ccoc1)C(=O)N[C@H](CCC(N)=O)C(=O)O. The van der Waals surface area contributed by atoms with Crippen molar-refractivity contribution in [1.29, 1.82) is 0 Å². The molecule has 0 bridgehead atoms. The third-order valence-electron chi connectivity index (χ3n) is 2.62. The summed E-state index contributed by atoms with van der Waals surface area (Å²) in [7, 11) is 1.52. The van der Waals surface area contributed by atoms with Crippen molar-refractivity contribution in [1.82, 2.24) is 10.2 Å². The highest BCUT2D eigenvalue weighted by atomic mass is 16.4. The van der Waals surface area contributed by atoms with Gasteiger partial charge in [-0.15, -0.1) is 0 Å². The highest BCUT2D eigenvalue weighted by Crippen LogP contribution is 2.05. The first-order chi connectivity index (χ1) is 9.40. The highest BCUT2D eigenvalue weighted by molar-refractivity contribution is 5.83. The Morgan fingerprint density at radius 2 is 2.20 bits per heavy atom. The number of carbonyl (C=O) groups is 3. The molecule has 1 atom stereocenters. The van der Waals surface area contributed by atoms with Gasteiger partial charge >= 0.3 is 12.0 Å². The molecule has 0 aliphatic rings. The van der Waals surface area contributed by atoms with Crippen LogP contribution < -0.4 is 11.1 Å². The maximum atomic E-state index is 11.8. The lowest BCUT2D eigenvalue weighted by molar-refractivity contribution is -0.139. The van der Waals surface area contributed by atoms with Crippen molar-refractivity contribution >= 4 is 17.9 Å². The largest absolute Gasteiger partial charge is 0.480 e. The summed E-state index contributed by atoms with van der Waals surface area (Å²) in [4.78, 5) is 34.8. The minimum Gasteiger partial charge on any atom is -0.480 e. The van der Waals surface area contributed by atoms with Crippen molar-refractivity contribution in [2.75, 3.05) is 7.05 Å². The number of carbonyl (C=O) groups excluding carboxylic acids is 2.